The Hall–Kier alpha value is -1.09. The molecule has 15 heavy (non-hydrogen) atoms. The maximum atomic E-state index is 11.7. The van der Waals surface area contributed by atoms with E-state index in [1.165, 1.54) is 6.20 Å². The molecule has 2 N–H and O–H groups in total. The van der Waals surface area contributed by atoms with Crippen molar-refractivity contribution in [3.63, 3.8) is 0 Å². The molecule has 1 heterocycles. The highest BCUT2D eigenvalue weighted by molar-refractivity contribution is 6.31. The highest BCUT2D eigenvalue weighted by Crippen LogP contribution is 2.18. The van der Waals surface area contributed by atoms with Crippen molar-refractivity contribution in [1.29, 1.82) is 0 Å². The van der Waals surface area contributed by atoms with Gasteiger partial charge in [0, 0.05) is 12.6 Å². The van der Waals surface area contributed by atoms with Crippen LogP contribution in [0, 0.1) is 5.92 Å². The lowest BCUT2D eigenvalue weighted by Crippen LogP contribution is -2.06. The highest BCUT2D eigenvalue weighted by atomic mass is 35.5. The second-order valence-electron chi connectivity index (χ2n) is 3.94. The number of halogens is 1. The average molecular weight is 227 g/mol. The van der Waals surface area contributed by atoms with Crippen LogP contribution in [0.3, 0.4) is 0 Å². The number of aromatic nitrogens is 1. The first-order chi connectivity index (χ1) is 7.00. The lowest BCUT2D eigenvalue weighted by molar-refractivity contribution is 0.0976. The fraction of sp³-hybridized carbons (Fsp3) is 0.455. The van der Waals surface area contributed by atoms with Gasteiger partial charge in [-0.3, -0.25) is 4.79 Å². The summed E-state index contributed by atoms with van der Waals surface area (Å²) in [6.45, 7) is 4.15. The molecule has 0 aliphatic carbocycles. The molecule has 0 saturated carbocycles. The molecular formula is C11H15ClN2O. The number of Topliss-reactive ketones (excluding diaryl/α,β-unsaturated/α-hetero) is 1. The summed E-state index contributed by atoms with van der Waals surface area (Å²) in [5.74, 6) is 0.770. The van der Waals surface area contributed by atoms with Crippen molar-refractivity contribution in [3.8, 4) is 0 Å². The third kappa shape index (κ3) is 3.51. The molecule has 0 saturated heterocycles. The Morgan fingerprint density at radius 3 is 2.87 bits per heavy atom. The van der Waals surface area contributed by atoms with Crippen LogP contribution in [-0.2, 0) is 0 Å². The number of ketones is 1. The quantitative estimate of drug-likeness (QED) is 0.804. The standard InChI is InChI=1S/C11H15ClN2O/c1-7(2)3-4-10(15)9-5-8(12)6-14-11(9)13/h5-7H,3-4H2,1-2H3,(H2,13,14). The van der Waals surface area contributed by atoms with Crippen LogP contribution in [-0.4, -0.2) is 10.8 Å². The number of nitrogens with two attached hydrogens (primary N) is 1. The molecule has 1 rings (SSSR count). The number of anilines is 1. The molecule has 0 aliphatic rings. The van der Waals surface area contributed by atoms with E-state index in [1.54, 1.807) is 6.07 Å². The SMILES string of the molecule is CC(C)CCC(=O)c1cc(Cl)cnc1N. The first-order valence-corrected chi connectivity index (χ1v) is 5.32. The molecule has 1 aromatic heterocycles. The van der Waals surface area contributed by atoms with Gasteiger partial charge in [-0.25, -0.2) is 4.98 Å². The van der Waals surface area contributed by atoms with Gasteiger partial charge in [0.1, 0.15) is 5.82 Å². The van der Waals surface area contributed by atoms with Crippen LogP contribution in [0.25, 0.3) is 0 Å². The van der Waals surface area contributed by atoms with Crippen LogP contribution in [0.4, 0.5) is 5.82 Å². The van der Waals surface area contributed by atoms with E-state index >= 15 is 0 Å². The van der Waals surface area contributed by atoms with E-state index in [-0.39, 0.29) is 11.6 Å². The van der Waals surface area contributed by atoms with Crippen molar-refractivity contribution < 1.29 is 4.79 Å². The van der Waals surface area contributed by atoms with Crippen LogP contribution in [0.2, 0.25) is 5.02 Å². The minimum atomic E-state index is 0.0104. The van der Waals surface area contributed by atoms with Crippen LogP contribution < -0.4 is 5.73 Å². The summed E-state index contributed by atoms with van der Waals surface area (Å²) in [4.78, 5) is 15.6. The fourth-order valence-electron chi connectivity index (χ4n) is 1.23. The zero-order valence-corrected chi connectivity index (χ0v) is 9.71. The summed E-state index contributed by atoms with van der Waals surface area (Å²) >= 11 is 5.75. The number of carbonyl (C=O) groups is 1. The summed E-state index contributed by atoms with van der Waals surface area (Å²) in [7, 11) is 0. The Morgan fingerprint density at radius 1 is 1.60 bits per heavy atom. The van der Waals surface area contributed by atoms with Gasteiger partial charge in [-0.1, -0.05) is 25.4 Å². The third-order valence-electron chi connectivity index (χ3n) is 2.13. The largest absolute Gasteiger partial charge is 0.383 e. The Morgan fingerprint density at radius 2 is 2.27 bits per heavy atom. The number of rotatable bonds is 4. The van der Waals surface area contributed by atoms with E-state index in [0.29, 0.717) is 22.9 Å². The van der Waals surface area contributed by atoms with Gasteiger partial charge in [0.25, 0.3) is 0 Å². The topological polar surface area (TPSA) is 56.0 Å². The zero-order chi connectivity index (χ0) is 11.4. The predicted molar refractivity (Wildman–Crippen MR) is 62.1 cm³/mol. The molecule has 0 unspecified atom stereocenters. The number of nitrogens with zero attached hydrogens (tertiary/aromatic N) is 1. The van der Waals surface area contributed by atoms with Gasteiger partial charge >= 0.3 is 0 Å². The summed E-state index contributed by atoms with van der Waals surface area (Å²) in [5, 5.41) is 0.442. The van der Waals surface area contributed by atoms with E-state index < -0.39 is 0 Å². The Balaban J connectivity index is 2.77. The van der Waals surface area contributed by atoms with E-state index in [9.17, 15) is 4.79 Å². The molecule has 0 fully saturated rings. The highest BCUT2D eigenvalue weighted by Gasteiger charge is 2.11. The van der Waals surface area contributed by atoms with Crippen molar-refractivity contribution in [2.75, 3.05) is 5.73 Å². The third-order valence-corrected chi connectivity index (χ3v) is 2.34. The van der Waals surface area contributed by atoms with Crippen molar-refractivity contribution >= 4 is 23.2 Å². The molecule has 3 nitrogen and oxygen atoms in total. The van der Waals surface area contributed by atoms with Crippen molar-refractivity contribution in [2.45, 2.75) is 26.7 Å². The monoisotopic (exact) mass is 226 g/mol. The molecule has 0 atom stereocenters. The van der Waals surface area contributed by atoms with E-state index in [0.717, 1.165) is 6.42 Å². The van der Waals surface area contributed by atoms with Gasteiger partial charge in [-0.05, 0) is 18.4 Å². The number of hydrogen-bond donors (Lipinski definition) is 1. The zero-order valence-electron chi connectivity index (χ0n) is 8.96. The van der Waals surface area contributed by atoms with Gasteiger partial charge < -0.3 is 5.73 Å². The molecule has 0 amide bonds. The molecule has 0 bridgehead atoms. The van der Waals surface area contributed by atoms with Gasteiger partial charge in [-0.15, -0.1) is 0 Å². The van der Waals surface area contributed by atoms with Crippen molar-refractivity contribution in [2.24, 2.45) is 5.92 Å². The van der Waals surface area contributed by atoms with E-state index in [2.05, 4.69) is 18.8 Å². The molecule has 0 aliphatic heterocycles. The van der Waals surface area contributed by atoms with Crippen LogP contribution in [0.15, 0.2) is 12.3 Å². The minimum Gasteiger partial charge on any atom is -0.383 e. The van der Waals surface area contributed by atoms with Crippen LogP contribution >= 0.6 is 11.6 Å². The Kier molecular flexibility index (Phi) is 4.09. The average Bonchev–Trinajstić information content (AvgIpc) is 2.18. The number of carbonyl (C=O) groups excluding carboxylic acids is 1. The first-order valence-electron chi connectivity index (χ1n) is 4.95. The maximum absolute atomic E-state index is 11.7. The smallest absolute Gasteiger partial charge is 0.166 e. The molecule has 0 aromatic carbocycles. The Bertz CT molecular complexity index is 364. The molecule has 1 aromatic rings. The Labute approximate surface area is 94.6 Å². The minimum absolute atomic E-state index is 0.0104. The molecular weight excluding hydrogens is 212 g/mol. The summed E-state index contributed by atoms with van der Waals surface area (Å²) in [5.41, 5.74) is 6.04. The van der Waals surface area contributed by atoms with Gasteiger partial charge in [0.15, 0.2) is 5.78 Å². The molecule has 4 heteroatoms. The summed E-state index contributed by atoms with van der Waals surface area (Å²) in [6, 6.07) is 1.58. The van der Waals surface area contributed by atoms with Gasteiger partial charge in [-0.2, -0.15) is 0 Å². The van der Waals surface area contributed by atoms with Crippen LogP contribution in [0.5, 0.6) is 0 Å². The fourth-order valence-corrected chi connectivity index (χ4v) is 1.39. The normalized spacial score (nSPS) is 10.7. The summed E-state index contributed by atoms with van der Waals surface area (Å²) < 4.78 is 0. The molecule has 0 spiro atoms. The maximum Gasteiger partial charge on any atom is 0.166 e. The van der Waals surface area contributed by atoms with Crippen LogP contribution in [0.1, 0.15) is 37.0 Å². The number of pyridine rings is 1. The second-order valence-corrected chi connectivity index (χ2v) is 4.38. The lowest BCUT2D eigenvalue weighted by Gasteiger charge is -2.06. The predicted octanol–water partition coefficient (Wildman–Crippen LogP) is 2.94. The molecule has 82 valence electrons. The first kappa shape index (κ1) is 12.0. The van der Waals surface area contributed by atoms with E-state index in [4.69, 9.17) is 17.3 Å². The number of nitrogen functional groups attached to an aromatic ring is 1. The van der Waals surface area contributed by atoms with Crippen molar-refractivity contribution in [3.05, 3.63) is 22.8 Å². The second kappa shape index (κ2) is 5.12. The lowest BCUT2D eigenvalue weighted by atomic mass is 10.0. The van der Waals surface area contributed by atoms with Gasteiger partial charge in [0.2, 0.25) is 0 Å². The molecule has 0 radical (unpaired) electrons. The van der Waals surface area contributed by atoms with Crippen molar-refractivity contribution in [1.82, 2.24) is 4.98 Å². The number of hydrogen-bond acceptors (Lipinski definition) is 3. The summed E-state index contributed by atoms with van der Waals surface area (Å²) in [6.07, 6.45) is 2.78. The van der Waals surface area contributed by atoms with Gasteiger partial charge in [0.05, 0.1) is 10.6 Å². The van der Waals surface area contributed by atoms with E-state index in [1.807, 2.05) is 0 Å².